The van der Waals surface area contributed by atoms with Gasteiger partial charge in [0.25, 0.3) is 0 Å². The number of carbonyl (C=O) groups excluding carboxylic acids is 1. The molecule has 0 saturated carbocycles. The molecule has 0 radical (unpaired) electrons. The van der Waals surface area contributed by atoms with Gasteiger partial charge in [0.2, 0.25) is 15.9 Å². The number of rotatable bonds is 5. The number of furan rings is 1. The molecule has 0 unspecified atom stereocenters. The lowest BCUT2D eigenvalue weighted by molar-refractivity contribution is -0.126. The lowest BCUT2D eigenvalue weighted by Gasteiger charge is -2.29. The monoisotopic (exact) mass is 363 g/mol. The Bertz CT molecular complexity index is 825. The highest BCUT2D eigenvalue weighted by molar-refractivity contribution is 7.88. The van der Waals surface area contributed by atoms with Crippen LogP contribution in [0.4, 0.5) is 0 Å². The fraction of sp³-hybridized carbons (Fsp3) is 0.412. The van der Waals surface area contributed by atoms with Gasteiger partial charge in [-0.25, -0.2) is 12.7 Å². The molecule has 0 bridgehead atoms. The van der Waals surface area contributed by atoms with Crippen molar-refractivity contribution in [2.75, 3.05) is 19.3 Å². The Morgan fingerprint density at radius 1 is 1.32 bits per heavy atom. The van der Waals surface area contributed by atoms with Gasteiger partial charge in [-0.3, -0.25) is 9.78 Å². The van der Waals surface area contributed by atoms with Crippen LogP contribution < -0.4 is 5.32 Å². The Morgan fingerprint density at radius 2 is 2.08 bits per heavy atom. The molecule has 2 aromatic heterocycles. The van der Waals surface area contributed by atoms with Crippen molar-refractivity contribution >= 4 is 15.9 Å². The molecular formula is C17H21N3O4S. The number of sulfonamides is 1. The van der Waals surface area contributed by atoms with E-state index in [0.717, 1.165) is 16.7 Å². The molecule has 7 nitrogen and oxygen atoms in total. The first-order valence-corrected chi connectivity index (χ1v) is 9.97. The first kappa shape index (κ1) is 17.6. The highest BCUT2D eigenvalue weighted by Crippen LogP contribution is 2.21. The minimum Gasteiger partial charge on any atom is -0.472 e. The number of hydrogen-bond donors (Lipinski definition) is 1. The Hall–Kier alpha value is -2.19. The first-order chi connectivity index (χ1) is 11.9. The van der Waals surface area contributed by atoms with Crippen LogP contribution in [0.5, 0.6) is 0 Å². The van der Waals surface area contributed by atoms with E-state index in [4.69, 9.17) is 4.42 Å². The summed E-state index contributed by atoms with van der Waals surface area (Å²) >= 11 is 0. The average Bonchev–Trinajstić information content (AvgIpc) is 3.14. The van der Waals surface area contributed by atoms with E-state index in [0.29, 0.717) is 32.5 Å². The van der Waals surface area contributed by atoms with Gasteiger partial charge in [0.1, 0.15) is 0 Å². The minimum absolute atomic E-state index is 0.0399. The number of hydrogen-bond acceptors (Lipinski definition) is 5. The number of nitrogens with zero attached hydrogens (tertiary/aromatic N) is 2. The Balaban J connectivity index is 1.54. The van der Waals surface area contributed by atoms with Gasteiger partial charge in [0.05, 0.1) is 18.8 Å². The van der Waals surface area contributed by atoms with Gasteiger partial charge in [-0.1, -0.05) is 0 Å². The maximum atomic E-state index is 12.3. The van der Waals surface area contributed by atoms with Gasteiger partial charge < -0.3 is 9.73 Å². The molecule has 1 amide bonds. The Kier molecular flexibility index (Phi) is 5.19. The molecule has 0 aromatic carbocycles. The van der Waals surface area contributed by atoms with Gasteiger partial charge in [0, 0.05) is 49.1 Å². The second-order valence-electron chi connectivity index (χ2n) is 6.25. The van der Waals surface area contributed by atoms with E-state index >= 15 is 0 Å². The number of piperidine rings is 1. The van der Waals surface area contributed by atoms with Crippen molar-refractivity contribution in [3.63, 3.8) is 0 Å². The zero-order chi connectivity index (χ0) is 17.9. The molecule has 0 aliphatic carbocycles. The van der Waals surface area contributed by atoms with Gasteiger partial charge in [-0.05, 0) is 30.5 Å². The van der Waals surface area contributed by atoms with Crippen molar-refractivity contribution < 1.29 is 17.6 Å². The molecule has 2 aromatic rings. The smallest absolute Gasteiger partial charge is 0.223 e. The van der Waals surface area contributed by atoms with E-state index < -0.39 is 10.0 Å². The molecule has 0 spiro atoms. The zero-order valence-corrected chi connectivity index (χ0v) is 14.8. The lowest BCUT2D eigenvalue weighted by atomic mass is 9.97. The maximum absolute atomic E-state index is 12.3. The normalized spacial score (nSPS) is 16.7. The van der Waals surface area contributed by atoms with E-state index in [1.54, 1.807) is 24.9 Å². The third kappa shape index (κ3) is 4.46. The van der Waals surface area contributed by atoms with Gasteiger partial charge in [-0.15, -0.1) is 0 Å². The molecule has 3 rings (SSSR count). The average molecular weight is 363 g/mol. The molecule has 1 aliphatic heterocycles. The molecule has 1 N–H and O–H groups in total. The van der Waals surface area contributed by atoms with Crippen LogP contribution in [-0.4, -0.2) is 43.0 Å². The first-order valence-electron chi connectivity index (χ1n) is 8.13. The summed E-state index contributed by atoms with van der Waals surface area (Å²) in [5.41, 5.74) is 2.77. The van der Waals surface area contributed by atoms with Crippen LogP contribution in [0, 0.1) is 5.92 Å². The lowest BCUT2D eigenvalue weighted by Crippen LogP contribution is -2.42. The number of amides is 1. The Labute approximate surface area is 147 Å². The van der Waals surface area contributed by atoms with Crippen molar-refractivity contribution in [2.45, 2.75) is 19.4 Å². The van der Waals surface area contributed by atoms with Crippen LogP contribution in [0.25, 0.3) is 11.1 Å². The molecular weight excluding hydrogens is 342 g/mol. The van der Waals surface area contributed by atoms with E-state index in [1.807, 2.05) is 12.1 Å². The Morgan fingerprint density at radius 3 is 2.72 bits per heavy atom. The number of carbonyl (C=O) groups is 1. The summed E-state index contributed by atoms with van der Waals surface area (Å²) in [5.74, 6) is -0.190. The molecule has 134 valence electrons. The van der Waals surface area contributed by atoms with E-state index in [2.05, 4.69) is 10.3 Å². The number of nitrogens with one attached hydrogen (secondary N) is 1. The molecule has 3 heterocycles. The summed E-state index contributed by atoms with van der Waals surface area (Å²) in [6, 6.07) is 3.82. The van der Waals surface area contributed by atoms with Crippen molar-refractivity contribution in [3.05, 3.63) is 42.6 Å². The third-order valence-corrected chi connectivity index (χ3v) is 5.71. The maximum Gasteiger partial charge on any atom is 0.223 e. The molecule has 1 saturated heterocycles. The van der Waals surface area contributed by atoms with Crippen molar-refractivity contribution in [2.24, 2.45) is 5.92 Å². The van der Waals surface area contributed by atoms with Gasteiger partial charge in [0.15, 0.2) is 0 Å². The van der Waals surface area contributed by atoms with E-state index in [-0.39, 0.29) is 11.8 Å². The summed E-state index contributed by atoms with van der Waals surface area (Å²) in [6.07, 6.45) is 9.01. The topological polar surface area (TPSA) is 92.5 Å². The zero-order valence-electron chi connectivity index (χ0n) is 14.0. The fourth-order valence-electron chi connectivity index (χ4n) is 2.95. The summed E-state index contributed by atoms with van der Waals surface area (Å²) in [6.45, 7) is 1.19. The van der Waals surface area contributed by atoms with Gasteiger partial charge >= 0.3 is 0 Å². The summed E-state index contributed by atoms with van der Waals surface area (Å²) < 4.78 is 29.5. The quantitative estimate of drug-likeness (QED) is 0.872. The SMILES string of the molecule is CS(=O)(=O)N1CCC(C(=O)NCc2cncc(-c3ccoc3)c2)CC1. The summed E-state index contributed by atoms with van der Waals surface area (Å²) in [5, 5.41) is 2.92. The van der Waals surface area contributed by atoms with E-state index in [1.165, 1.54) is 10.6 Å². The van der Waals surface area contributed by atoms with Crippen LogP contribution in [0.15, 0.2) is 41.5 Å². The molecule has 1 fully saturated rings. The second-order valence-corrected chi connectivity index (χ2v) is 8.23. The fourth-order valence-corrected chi connectivity index (χ4v) is 3.83. The molecule has 0 atom stereocenters. The second kappa shape index (κ2) is 7.37. The highest BCUT2D eigenvalue weighted by Gasteiger charge is 2.28. The predicted molar refractivity (Wildman–Crippen MR) is 92.9 cm³/mol. The molecule has 1 aliphatic rings. The predicted octanol–water partition coefficient (Wildman–Crippen LogP) is 1.63. The summed E-state index contributed by atoms with van der Waals surface area (Å²) in [4.78, 5) is 16.5. The van der Waals surface area contributed by atoms with Crippen molar-refractivity contribution in [1.29, 1.82) is 0 Å². The van der Waals surface area contributed by atoms with Gasteiger partial charge in [-0.2, -0.15) is 0 Å². The number of aromatic nitrogens is 1. The van der Waals surface area contributed by atoms with E-state index in [9.17, 15) is 13.2 Å². The molecule has 8 heteroatoms. The largest absolute Gasteiger partial charge is 0.472 e. The van der Waals surface area contributed by atoms with Crippen LogP contribution in [0.2, 0.25) is 0 Å². The minimum atomic E-state index is -3.17. The van der Waals surface area contributed by atoms with Crippen molar-refractivity contribution in [1.82, 2.24) is 14.6 Å². The number of pyridine rings is 1. The standard InChI is InChI=1S/C17H21N3O4S/c1-25(22,23)20-5-2-14(3-6-20)17(21)19-10-13-8-16(11-18-9-13)15-4-7-24-12-15/h4,7-9,11-12,14H,2-3,5-6,10H2,1H3,(H,19,21). The van der Waals surface area contributed by atoms with Crippen LogP contribution >= 0.6 is 0 Å². The summed E-state index contributed by atoms with van der Waals surface area (Å²) in [7, 11) is -3.17. The highest BCUT2D eigenvalue weighted by atomic mass is 32.2. The van der Waals surface area contributed by atoms with Crippen LogP contribution in [-0.2, 0) is 21.4 Å². The van der Waals surface area contributed by atoms with Crippen LogP contribution in [0.3, 0.4) is 0 Å². The van der Waals surface area contributed by atoms with Crippen LogP contribution in [0.1, 0.15) is 18.4 Å². The third-order valence-electron chi connectivity index (χ3n) is 4.41. The van der Waals surface area contributed by atoms with Crippen molar-refractivity contribution in [3.8, 4) is 11.1 Å². The molecule has 25 heavy (non-hydrogen) atoms.